The molecule has 1 heterocycles. The van der Waals surface area contributed by atoms with E-state index >= 15 is 0 Å². The smallest absolute Gasteiger partial charge is 0.250 e. The van der Waals surface area contributed by atoms with Crippen LogP contribution in [-0.2, 0) is 4.79 Å². The van der Waals surface area contributed by atoms with Crippen LogP contribution in [0.5, 0.6) is 11.5 Å². The molecule has 0 spiro atoms. The van der Waals surface area contributed by atoms with Crippen LogP contribution >= 0.6 is 35.0 Å². The van der Waals surface area contributed by atoms with E-state index in [9.17, 15) is 9.90 Å². The van der Waals surface area contributed by atoms with E-state index in [-0.39, 0.29) is 17.4 Å². The van der Waals surface area contributed by atoms with Crippen molar-refractivity contribution in [2.45, 2.75) is 5.16 Å². The minimum absolute atomic E-state index is 0.0355. The van der Waals surface area contributed by atoms with Gasteiger partial charge < -0.3 is 9.84 Å². The minimum atomic E-state index is -0.354. The molecular weight excluding hydrogens is 509 g/mol. The Bertz CT molecular complexity index is 1360. The van der Waals surface area contributed by atoms with E-state index in [4.69, 9.17) is 27.9 Å². The summed E-state index contributed by atoms with van der Waals surface area (Å²) >= 11 is 13.3. The number of benzene rings is 3. The number of methoxy groups -OCH3 is 1. The van der Waals surface area contributed by atoms with E-state index < -0.39 is 0 Å². The van der Waals surface area contributed by atoms with Gasteiger partial charge in [0.05, 0.1) is 19.1 Å². The van der Waals surface area contributed by atoms with Crippen molar-refractivity contribution < 1.29 is 14.6 Å². The molecule has 0 saturated heterocycles. The maximum absolute atomic E-state index is 12.4. The average Bonchev–Trinajstić information content (AvgIpc) is 3.28. The molecule has 0 atom stereocenters. The third kappa shape index (κ3) is 5.94. The number of halogens is 2. The second kappa shape index (κ2) is 11.3. The van der Waals surface area contributed by atoms with E-state index in [1.54, 1.807) is 42.5 Å². The molecule has 0 aliphatic rings. The van der Waals surface area contributed by atoms with Crippen LogP contribution < -0.4 is 10.2 Å². The molecule has 3 aromatic carbocycles. The molecule has 0 saturated carbocycles. The van der Waals surface area contributed by atoms with Gasteiger partial charge in [-0.1, -0.05) is 41.0 Å². The summed E-state index contributed by atoms with van der Waals surface area (Å²) in [5, 5.41) is 24.4. The lowest BCUT2D eigenvalue weighted by Gasteiger charge is -2.10. The summed E-state index contributed by atoms with van der Waals surface area (Å²) in [7, 11) is 1.45. The van der Waals surface area contributed by atoms with E-state index in [1.165, 1.54) is 25.1 Å². The van der Waals surface area contributed by atoms with Gasteiger partial charge in [-0.05, 0) is 60.7 Å². The maximum Gasteiger partial charge on any atom is 0.250 e. The van der Waals surface area contributed by atoms with Gasteiger partial charge in [-0.2, -0.15) is 5.10 Å². The molecule has 0 fully saturated rings. The fraction of sp³-hybridized carbons (Fsp3) is 0.0833. The topological polar surface area (TPSA) is 102 Å². The lowest BCUT2D eigenvalue weighted by Crippen LogP contribution is -2.20. The number of thioether (sulfide) groups is 1. The molecule has 0 aliphatic heterocycles. The number of nitrogens with one attached hydrogen (secondary N) is 1. The van der Waals surface area contributed by atoms with Crippen molar-refractivity contribution >= 4 is 47.1 Å². The molecule has 4 rings (SSSR count). The van der Waals surface area contributed by atoms with Gasteiger partial charge in [0.15, 0.2) is 22.5 Å². The van der Waals surface area contributed by atoms with Crippen molar-refractivity contribution in [3.05, 3.63) is 82.3 Å². The summed E-state index contributed by atoms with van der Waals surface area (Å²) in [6, 6.07) is 19.5. The first-order valence-electron chi connectivity index (χ1n) is 10.2. The molecule has 35 heavy (non-hydrogen) atoms. The zero-order valence-electron chi connectivity index (χ0n) is 18.4. The number of rotatable bonds is 8. The molecule has 4 aromatic rings. The lowest BCUT2D eigenvalue weighted by atomic mass is 10.2. The Morgan fingerprint density at radius 2 is 1.77 bits per heavy atom. The quantitative estimate of drug-likeness (QED) is 0.185. The molecule has 0 bridgehead atoms. The fourth-order valence-corrected chi connectivity index (χ4v) is 4.11. The maximum atomic E-state index is 12.4. The number of aromatic nitrogens is 3. The molecule has 0 aliphatic carbocycles. The number of aromatic hydroxyl groups is 1. The predicted molar refractivity (Wildman–Crippen MR) is 138 cm³/mol. The number of hydrogen-bond donors (Lipinski definition) is 2. The number of para-hydroxylation sites is 1. The lowest BCUT2D eigenvalue weighted by molar-refractivity contribution is -0.118. The van der Waals surface area contributed by atoms with Crippen LogP contribution in [0.1, 0.15) is 5.56 Å². The SMILES string of the molecule is COc1cccc(/C=N\NC(=O)CSc2nnc(-c3ccc(Cl)cc3)n2-c2ccc(Cl)cc2)c1O. The molecule has 1 amide bonds. The van der Waals surface area contributed by atoms with Crippen LogP contribution in [0.25, 0.3) is 17.1 Å². The van der Waals surface area contributed by atoms with E-state index in [2.05, 4.69) is 20.7 Å². The van der Waals surface area contributed by atoms with Crippen LogP contribution in [0.15, 0.2) is 77.0 Å². The van der Waals surface area contributed by atoms with Crippen LogP contribution in [0, 0.1) is 0 Å². The number of hydrogen-bond acceptors (Lipinski definition) is 7. The van der Waals surface area contributed by atoms with Gasteiger partial charge in [-0.3, -0.25) is 9.36 Å². The molecule has 0 unspecified atom stereocenters. The second-order valence-electron chi connectivity index (χ2n) is 7.10. The minimum Gasteiger partial charge on any atom is -0.504 e. The van der Waals surface area contributed by atoms with Crippen molar-refractivity contribution in [3.63, 3.8) is 0 Å². The number of amides is 1. The summed E-state index contributed by atoms with van der Waals surface area (Å²) < 4.78 is 6.91. The average molecular weight is 528 g/mol. The van der Waals surface area contributed by atoms with Gasteiger partial charge in [-0.15, -0.1) is 10.2 Å². The van der Waals surface area contributed by atoms with E-state index in [0.29, 0.717) is 32.3 Å². The number of carbonyl (C=O) groups excluding carboxylic acids is 1. The number of phenols is 1. The van der Waals surface area contributed by atoms with Crippen molar-refractivity contribution in [3.8, 4) is 28.6 Å². The van der Waals surface area contributed by atoms with Crippen molar-refractivity contribution in [1.29, 1.82) is 0 Å². The Morgan fingerprint density at radius 3 is 2.46 bits per heavy atom. The monoisotopic (exact) mass is 527 g/mol. The highest BCUT2D eigenvalue weighted by Gasteiger charge is 2.17. The third-order valence-corrected chi connectivity index (χ3v) is 6.23. The molecule has 11 heteroatoms. The second-order valence-corrected chi connectivity index (χ2v) is 8.92. The highest BCUT2D eigenvalue weighted by molar-refractivity contribution is 7.99. The van der Waals surface area contributed by atoms with Gasteiger partial charge in [0.2, 0.25) is 0 Å². The number of carbonyl (C=O) groups is 1. The van der Waals surface area contributed by atoms with Crippen molar-refractivity contribution in [2.24, 2.45) is 5.10 Å². The molecule has 2 N–H and O–H groups in total. The van der Waals surface area contributed by atoms with Crippen molar-refractivity contribution in [2.75, 3.05) is 12.9 Å². The first-order valence-corrected chi connectivity index (χ1v) is 12.0. The molecular formula is C24H19Cl2N5O3S. The van der Waals surface area contributed by atoms with Crippen molar-refractivity contribution in [1.82, 2.24) is 20.2 Å². The Kier molecular flexibility index (Phi) is 7.91. The van der Waals surface area contributed by atoms with Gasteiger partial charge >= 0.3 is 0 Å². The highest BCUT2D eigenvalue weighted by atomic mass is 35.5. The Morgan fingerprint density at radius 1 is 1.09 bits per heavy atom. The predicted octanol–water partition coefficient (Wildman–Crippen LogP) is 5.20. The summed E-state index contributed by atoms with van der Waals surface area (Å²) in [6.07, 6.45) is 1.34. The van der Waals surface area contributed by atoms with Crippen LogP contribution in [0.2, 0.25) is 10.0 Å². The van der Waals surface area contributed by atoms with Gasteiger partial charge in [0, 0.05) is 26.9 Å². The largest absolute Gasteiger partial charge is 0.504 e. The molecule has 0 radical (unpaired) electrons. The molecule has 1 aromatic heterocycles. The van der Waals surface area contributed by atoms with Gasteiger partial charge in [-0.25, -0.2) is 5.43 Å². The summed E-state index contributed by atoms with van der Waals surface area (Å²) in [5.74, 6) is 0.529. The van der Waals surface area contributed by atoms with Crippen LogP contribution in [0.3, 0.4) is 0 Å². The molecule has 8 nitrogen and oxygen atoms in total. The standard InChI is InChI=1S/C24H19Cl2N5O3S/c1-34-20-4-2-3-16(22(20)33)13-27-28-21(32)14-35-24-30-29-23(15-5-7-17(25)8-6-15)31(24)19-11-9-18(26)10-12-19/h2-13,33H,14H2,1H3,(H,28,32)/b27-13-. The van der Waals surface area contributed by atoms with Crippen LogP contribution in [-0.4, -0.2) is 44.9 Å². The summed E-state index contributed by atoms with van der Waals surface area (Å²) in [6.45, 7) is 0. The Labute approximate surface area is 215 Å². The summed E-state index contributed by atoms with van der Waals surface area (Å²) in [4.78, 5) is 12.4. The first-order chi connectivity index (χ1) is 17.0. The number of nitrogens with zero attached hydrogens (tertiary/aromatic N) is 4. The van der Waals surface area contributed by atoms with Gasteiger partial charge in [0.1, 0.15) is 0 Å². The van der Waals surface area contributed by atoms with E-state index in [0.717, 1.165) is 11.3 Å². The van der Waals surface area contributed by atoms with Crippen LogP contribution in [0.4, 0.5) is 0 Å². The number of hydrazone groups is 1. The van der Waals surface area contributed by atoms with Gasteiger partial charge in [0.25, 0.3) is 5.91 Å². The van der Waals surface area contributed by atoms with E-state index in [1.807, 2.05) is 28.8 Å². The number of ether oxygens (including phenoxy) is 1. The zero-order chi connectivity index (χ0) is 24.8. The fourth-order valence-electron chi connectivity index (χ4n) is 3.12. The number of phenolic OH excluding ortho intramolecular Hbond substituents is 1. The highest BCUT2D eigenvalue weighted by Crippen LogP contribution is 2.30. The Hall–Kier alpha value is -3.53. The zero-order valence-corrected chi connectivity index (χ0v) is 20.7. The normalized spacial score (nSPS) is 11.1. The first kappa shape index (κ1) is 24.6. The third-order valence-electron chi connectivity index (χ3n) is 4.80. The molecule has 178 valence electrons. The summed E-state index contributed by atoms with van der Waals surface area (Å²) in [5.41, 5.74) is 4.46. The Balaban J connectivity index is 1.50.